The van der Waals surface area contributed by atoms with Gasteiger partial charge in [0.15, 0.2) is 0 Å². The Morgan fingerprint density at radius 1 is 1.43 bits per heavy atom. The Kier molecular flexibility index (Phi) is 8.71. The van der Waals surface area contributed by atoms with E-state index in [1.54, 1.807) is 6.92 Å². The maximum atomic E-state index is 15.2. The van der Waals surface area contributed by atoms with E-state index in [1.807, 2.05) is 0 Å². The fourth-order valence-corrected chi connectivity index (χ4v) is 3.13. The van der Waals surface area contributed by atoms with E-state index >= 15 is 8.78 Å². The third kappa shape index (κ3) is 5.44. The number of esters is 2. The molecule has 0 amide bonds. The Morgan fingerprint density at radius 2 is 2.03 bits per heavy atom. The highest BCUT2D eigenvalue weighted by atomic mass is 19.3. The molecule has 2 N–H and O–H groups in total. The molecule has 1 rings (SSSR count). The van der Waals surface area contributed by atoms with Crippen LogP contribution in [-0.2, 0) is 23.8 Å². The van der Waals surface area contributed by atoms with Crippen molar-refractivity contribution in [2.75, 3.05) is 7.11 Å². The summed E-state index contributed by atoms with van der Waals surface area (Å²) in [7, 11) is 1.05. The lowest BCUT2D eigenvalue weighted by atomic mass is 9.74. The van der Waals surface area contributed by atoms with Crippen molar-refractivity contribution in [3.8, 4) is 0 Å². The van der Waals surface area contributed by atoms with E-state index in [4.69, 9.17) is 9.47 Å². The normalized spacial score (nSPS) is 27.2. The van der Waals surface area contributed by atoms with Crippen LogP contribution in [0.5, 0.6) is 0 Å². The van der Waals surface area contributed by atoms with Gasteiger partial charge in [0, 0.05) is 36.3 Å². The van der Waals surface area contributed by atoms with Gasteiger partial charge in [-0.25, -0.2) is 4.79 Å². The van der Waals surface area contributed by atoms with E-state index in [0.29, 0.717) is 12.5 Å². The number of hydrogen-bond donors (Lipinski definition) is 2. The zero-order chi connectivity index (χ0) is 23.3. The van der Waals surface area contributed by atoms with Crippen molar-refractivity contribution in [3.63, 3.8) is 0 Å². The Labute approximate surface area is 175 Å². The summed E-state index contributed by atoms with van der Waals surface area (Å²) in [4.78, 5) is 23.3. The standard InChI is InChI=1S/C21H32F2O7/c1-7-9-17(25)29-13(3)16(24)12-15-10-14(11-18(26)28-6)20(22,23)21(27,30-15)19(4,5)8-2/h8,11,13,15-16,24,27H,2,7,9-10,12H2,1,3-6H3/b14-11+/t13-,15+,16-,21+/m1/s1. The van der Waals surface area contributed by atoms with Crippen LogP contribution in [0.2, 0.25) is 0 Å². The van der Waals surface area contributed by atoms with Crippen molar-refractivity contribution in [1.29, 1.82) is 0 Å². The van der Waals surface area contributed by atoms with E-state index in [2.05, 4.69) is 11.3 Å². The second-order valence-corrected chi connectivity index (χ2v) is 8.03. The molecule has 4 atom stereocenters. The molecule has 1 saturated heterocycles. The number of aliphatic hydroxyl groups excluding tert-OH is 1. The lowest BCUT2D eigenvalue weighted by molar-refractivity contribution is -0.372. The first-order chi connectivity index (χ1) is 13.8. The third-order valence-electron chi connectivity index (χ3n) is 5.31. The third-order valence-corrected chi connectivity index (χ3v) is 5.31. The molecular formula is C21H32F2O7. The van der Waals surface area contributed by atoms with Crippen LogP contribution < -0.4 is 0 Å². The van der Waals surface area contributed by atoms with Crippen LogP contribution in [0.3, 0.4) is 0 Å². The first kappa shape index (κ1) is 26.2. The van der Waals surface area contributed by atoms with Gasteiger partial charge in [-0.15, -0.1) is 6.58 Å². The van der Waals surface area contributed by atoms with Gasteiger partial charge in [0.2, 0.25) is 5.79 Å². The molecule has 0 radical (unpaired) electrons. The summed E-state index contributed by atoms with van der Waals surface area (Å²) in [5.41, 5.74) is -2.31. The van der Waals surface area contributed by atoms with Gasteiger partial charge in [0.25, 0.3) is 0 Å². The fourth-order valence-electron chi connectivity index (χ4n) is 3.13. The number of hydrogen-bond acceptors (Lipinski definition) is 7. The topological polar surface area (TPSA) is 102 Å². The van der Waals surface area contributed by atoms with Crippen molar-refractivity contribution in [3.05, 3.63) is 24.3 Å². The van der Waals surface area contributed by atoms with E-state index in [9.17, 15) is 19.8 Å². The van der Waals surface area contributed by atoms with Crippen LogP contribution in [0.25, 0.3) is 0 Å². The zero-order valence-electron chi connectivity index (χ0n) is 18.1. The molecule has 1 fully saturated rings. The van der Waals surface area contributed by atoms with Crippen molar-refractivity contribution >= 4 is 11.9 Å². The summed E-state index contributed by atoms with van der Waals surface area (Å²) in [6, 6.07) is 0. The van der Waals surface area contributed by atoms with Crippen LogP contribution in [0, 0.1) is 5.41 Å². The van der Waals surface area contributed by atoms with Crippen LogP contribution in [0.15, 0.2) is 24.3 Å². The highest BCUT2D eigenvalue weighted by Crippen LogP contribution is 2.53. The van der Waals surface area contributed by atoms with Crippen LogP contribution in [-0.4, -0.2) is 59.3 Å². The number of carbonyl (C=O) groups excluding carboxylic acids is 2. The van der Waals surface area contributed by atoms with Crippen LogP contribution in [0.1, 0.15) is 53.4 Å². The Hall–Kier alpha value is -1.84. The number of rotatable bonds is 9. The molecule has 0 saturated carbocycles. The summed E-state index contributed by atoms with van der Waals surface area (Å²) >= 11 is 0. The molecule has 172 valence electrons. The smallest absolute Gasteiger partial charge is 0.330 e. The van der Waals surface area contributed by atoms with Gasteiger partial charge >= 0.3 is 17.9 Å². The minimum atomic E-state index is -3.93. The molecule has 7 nitrogen and oxygen atoms in total. The van der Waals surface area contributed by atoms with Crippen molar-refractivity contribution < 1.29 is 42.8 Å². The molecule has 0 bridgehead atoms. The van der Waals surface area contributed by atoms with Gasteiger partial charge in [-0.1, -0.05) is 26.8 Å². The maximum absolute atomic E-state index is 15.2. The van der Waals surface area contributed by atoms with Gasteiger partial charge in [-0.2, -0.15) is 8.78 Å². The van der Waals surface area contributed by atoms with Gasteiger partial charge in [0.1, 0.15) is 6.10 Å². The molecule has 1 aliphatic rings. The van der Waals surface area contributed by atoms with Gasteiger partial charge in [-0.3, -0.25) is 4.79 Å². The molecule has 1 heterocycles. The van der Waals surface area contributed by atoms with Crippen molar-refractivity contribution in [2.45, 2.75) is 83.4 Å². The van der Waals surface area contributed by atoms with Gasteiger partial charge in [0.05, 0.1) is 19.3 Å². The Morgan fingerprint density at radius 3 is 2.53 bits per heavy atom. The number of alkyl halides is 2. The minimum absolute atomic E-state index is 0.183. The quantitative estimate of drug-likeness (QED) is 0.327. The number of carbonyl (C=O) groups is 2. The predicted molar refractivity (Wildman–Crippen MR) is 105 cm³/mol. The Bertz CT molecular complexity index is 674. The SMILES string of the molecule is C=CC(C)(C)[C@]1(O)O[C@H](C[C@@H](O)[C@@H](C)OC(=O)CCC)C/C(=C\C(=O)OC)C1(F)F. The average molecular weight is 434 g/mol. The first-order valence-electron chi connectivity index (χ1n) is 9.83. The monoisotopic (exact) mass is 434 g/mol. The van der Waals surface area contributed by atoms with E-state index in [-0.39, 0.29) is 12.8 Å². The predicted octanol–water partition coefficient (Wildman–Crippen LogP) is 2.89. The molecule has 0 spiro atoms. The lowest BCUT2D eigenvalue weighted by Crippen LogP contribution is -2.64. The molecule has 30 heavy (non-hydrogen) atoms. The summed E-state index contributed by atoms with van der Waals surface area (Å²) in [6.07, 6.45) is -1.39. The second kappa shape index (κ2) is 9.98. The maximum Gasteiger partial charge on any atom is 0.330 e. The van der Waals surface area contributed by atoms with E-state index < -0.39 is 59.4 Å². The largest absolute Gasteiger partial charge is 0.466 e. The van der Waals surface area contributed by atoms with Crippen molar-refractivity contribution in [2.24, 2.45) is 5.41 Å². The highest BCUT2D eigenvalue weighted by molar-refractivity contribution is 5.83. The number of halogens is 2. The summed E-state index contributed by atoms with van der Waals surface area (Å²) in [6.45, 7) is 9.40. The van der Waals surface area contributed by atoms with Gasteiger partial charge < -0.3 is 24.4 Å². The number of aliphatic hydroxyl groups is 2. The van der Waals surface area contributed by atoms with Crippen LogP contribution >= 0.6 is 0 Å². The van der Waals surface area contributed by atoms with Crippen molar-refractivity contribution in [1.82, 2.24) is 0 Å². The molecule has 1 aliphatic heterocycles. The molecule has 0 aromatic heterocycles. The molecule has 9 heteroatoms. The number of ether oxygens (including phenoxy) is 3. The summed E-state index contributed by atoms with van der Waals surface area (Å²) in [5.74, 6) is -8.46. The molecule has 0 aromatic rings. The summed E-state index contributed by atoms with van der Waals surface area (Å²) < 4.78 is 45.4. The van der Waals surface area contributed by atoms with E-state index in [1.165, 1.54) is 20.8 Å². The highest BCUT2D eigenvalue weighted by Gasteiger charge is 2.67. The first-order valence-corrected chi connectivity index (χ1v) is 9.83. The molecule has 0 aromatic carbocycles. The zero-order valence-corrected chi connectivity index (χ0v) is 18.1. The number of methoxy groups -OCH3 is 1. The molecule has 0 aliphatic carbocycles. The Balaban J connectivity index is 3.19. The second-order valence-electron chi connectivity index (χ2n) is 8.03. The van der Waals surface area contributed by atoms with Crippen LogP contribution in [0.4, 0.5) is 8.78 Å². The lowest BCUT2D eigenvalue weighted by Gasteiger charge is -2.51. The van der Waals surface area contributed by atoms with Gasteiger partial charge in [-0.05, 0) is 13.3 Å². The minimum Gasteiger partial charge on any atom is -0.466 e. The summed E-state index contributed by atoms with van der Waals surface area (Å²) in [5, 5.41) is 21.3. The average Bonchev–Trinajstić information content (AvgIpc) is 2.65. The van der Waals surface area contributed by atoms with E-state index in [0.717, 1.165) is 13.2 Å². The molecular weight excluding hydrogens is 402 g/mol. The fraction of sp³-hybridized carbons (Fsp3) is 0.714. The molecule has 0 unspecified atom stereocenters.